The molecule has 12 heavy (non-hydrogen) atoms. The topological polar surface area (TPSA) is 68.3 Å². The second-order valence-electron chi connectivity index (χ2n) is 1.86. The molecular weight excluding hydrogens is 194 g/mol. The fourth-order valence-corrected chi connectivity index (χ4v) is 1.40. The molecule has 0 saturated carbocycles. The molecule has 1 aromatic rings. The van der Waals surface area contributed by atoms with Crippen LogP contribution in [-0.4, -0.2) is 23.4 Å². The molecule has 0 saturated heterocycles. The maximum Gasteiger partial charge on any atom is 0.277 e. The van der Waals surface area contributed by atoms with Crippen LogP contribution in [0.3, 0.4) is 0 Å². The van der Waals surface area contributed by atoms with Gasteiger partial charge in [-0.3, -0.25) is 4.79 Å². The molecule has 1 amide bonds. The molecule has 0 aromatic carbocycles. The Morgan fingerprint density at radius 3 is 3.17 bits per heavy atom. The molecule has 0 bridgehead atoms. The average Bonchev–Trinajstić information content (AvgIpc) is 2.48. The molecule has 6 heteroatoms. The van der Waals surface area contributed by atoms with Crippen molar-refractivity contribution in [1.82, 2.24) is 4.98 Å². The van der Waals surface area contributed by atoms with E-state index < -0.39 is 5.91 Å². The highest BCUT2D eigenvalue weighted by molar-refractivity contribution is 7.97. The van der Waals surface area contributed by atoms with E-state index in [2.05, 4.69) is 9.38 Å². The summed E-state index contributed by atoms with van der Waals surface area (Å²) < 4.78 is 3.90. The van der Waals surface area contributed by atoms with Gasteiger partial charge in [-0.05, 0) is 11.9 Å². The zero-order valence-corrected chi connectivity index (χ0v) is 7.98. The highest BCUT2D eigenvalue weighted by atomic mass is 32.2. The lowest BCUT2D eigenvalue weighted by Crippen LogP contribution is -2.10. The molecule has 0 aliphatic heterocycles. The van der Waals surface area contributed by atoms with Gasteiger partial charge in [-0.2, -0.15) is 0 Å². The van der Waals surface area contributed by atoms with E-state index in [1.165, 1.54) is 23.3 Å². The first kappa shape index (κ1) is 9.21. The Labute approximate surface area is 78.0 Å². The number of aromatic nitrogens is 1. The third kappa shape index (κ3) is 2.31. The van der Waals surface area contributed by atoms with E-state index in [4.69, 9.17) is 5.73 Å². The quantitative estimate of drug-likeness (QED) is 0.584. The molecule has 4 nitrogen and oxygen atoms in total. The van der Waals surface area contributed by atoms with Gasteiger partial charge in [-0.1, -0.05) is 0 Å². The third-order valence-electron chi connectivity index (χ3n) is 1.02. The summed E-state index contributed by atoms with van der Waals surface area (Å²) in [5.74, 6) is -0.496. The molecule has 0 unspecified atom stereocenters. The van der Waals surface area contributed by atoms with Crippen molar-refractivity contribution < 1.29 is 4.79 Å². The minimum Gasteiger partial charge on any atom is -0.364 e. The average molecular weight is 201 g/mol. The van der Waals surface area contributed by atoms with Crippen LogP contribution in [0.5, 0.6) is 0 Å². The Balaban J connectivity index is 2.77. The SMILES string of the molecule is CSN=Cc1csc(C(N)=O)n1. The summed E-state index contributed by atoms with van der Waals surface area (Å²) in [5.41, 5.74) is 5.68. The van der Waals surface area contributed by atoms with E-state index in [1.807, 2.05) is 6.26 Å². The van der Waals surface area contributed by atoms with Crippen molar-refractivity contribution >= 4 is 35.4 Å². The van der Waals surface area contributed by atoms with Crippen molar-refractivity contribution in [3.8, 4) is 0 Å². The minimum absolute atomic E-state index is 0.317. The van der Waals surface area contributed by atoms with Crippen LogP contribution in [0, 0.1) is 0 Å². The first-order chi connectivity index (χ1) is 5.74. The van der Waals surface area contributed by atoms with Gasteiger partial charge >= 0.3 is 0 Å². The number of thiazole rings is 1. The molecule has 2 N–H and O–H groups in total. The Morgan fingerprint density at radius 1 is 1.92 bits per heavy atom. The summed E-state index contributed by atoms with van der Waals surface area (Å²) in [6.07, 6.45) is 3.44. The molecular formula is C6H7N3OS2. The summed E-state index contributed by atoms with van der Waals surface area (Å²) in [7, 11) is 0. The maximum absolute atomic E-state index is 10.6. The van der Waals surface area contributed by atoms with Gasteiger partial charge in [0.1, 0.15) is 0 Å². The van der Waals surface area contributed by atoms with Crippen LogP contribution >= 0.6 is 23.3 Å². The van der Waals surface area contributed by atoms with Gasteiger partial charge in [0.05, 0.1) is 11.9 Å². The van der Waals surface area contributed by atoms with Crippen LogP contribution in [-0.2, 0) is 0 Å². The summed E-state index contributed by atoms with van der Waals surface area (Å²) in [6, 6.07) is 0. The van der Waals surface area contributed by atoms with Gasteiger partial charge in [-0.15, -0.1) is 11.3 Å². The third-order valence-corrected chi connectivity index (χ3v) is 2.21. The monoisotopic (exact) mass is 201 g/mol. The number of hydrogen-bond acceptors (Lipinski definition) is 5. The molecule has 0 aliphatic carbocycles. The molecule has 0 fully saturated rings. The van der Waals surface area contributed by atoms with Gasteiger partial charge in [0, 0.05) is 11.6 Å². The molecule has 64 valence electrons. The maximum atomic E-state index is 10.6. The number of primary amides is 1. The van der Waals surface area contributed by atoms with E-state index in [0.717, 1.165) is 0 Å². The standard InChI is InChI=1S/C6H7N3OS2/c1-11-8-2-4-3-12-6(9-4)5(7)10/h2-3H,1H3,(H2,7,10). The first-order valence-corrected chi connectivity index (χ1v) is 5.12. The van der Waals surface area contributed by atoms with Crippen LogP contribution in [0.1, 0.15) is 15.5 Å². The number of rotatable bonds is 3. The van der Waals surface area contributed by atoms with Crippen LogP contribution in [0.2, 0.25) is 0 Å². The molecule has 0 aliphatic rings. The normalized spacial score (nSPS) is 10.8. The van der Waals surface area contributed by atoms with Crippen LogP contribution < -0.4 is 5.73 Å². The van der Waals surface area contributed by atoms with E-state index in [0.29, 0.717) is 10.7 Å². The molecule has 0 spiro atoms. The molecule has 0 atom stereocenters. The van der Waals surface area contributed by atoms with Crippen LogP contribution in [0.4, 0.5) is 0 Å². The van der Waals surface area contributed by atoms with Gasteiger partial charge in [-0.25, -0.2) is 9.38 Å². The van der Waals surface area contributed by atoms with Crippen molar-refractivity contribution in [3.63, 3.8) is 0 Å². The predicted molar refractivity (Wildman–Crippen MR) is 51.7 cm³/mol. The molecule has 0 radical (unpaired) electrons. The zero-order valence-electron chi connectivity index (χ0n) is 6.35. The molecule has 1 heterocycles. The van der Waals surface area contributed by atoms with Gasteiger partial charge < -0.3 is 5.73 Å². The van der Waals surface area contributed by atoms with Gasteiger partial charge in [0.25, 0.3) is 5.91 Å². The number of carbonyl (C=O) groups is 1. The Hall–Kier alpha value is -0.880. The summed E-state index contributed by atoms with van der Waals surface area (Å²) in [4.78, 5) is 14.5. The Kier molecular flexibility index (Phi) is 3.24. The Morgan fingerprint density at radius 2 is 2.67 bits per heavy atom. The predicted octanol–water partition coefficient (Wildman–Crippen LogP) is 0.939. The number of nitrogens with two attached hydrogens (primary N) is 1. The lowest BCUT2D eigenvalue weighted by atomic mass is 10.5. The second kappa shape index (κ2) is 4.22. The van der Waals surface area contributed by atoms with Crippen molar-refractivity contribution in [3.05, 3.63) is 16.1 Å². The number of hydrogen-bond donors (Lipinski definition) is 1. The van der Waals surface area contributed by atoms with E-state index in [1.54, 1.807) is 11.6 Å². The van der Waals surface area contributed by atoms with E-state index >= 15 is 0 Å². The van der Waals surface area contributed by atoms with Crippen LogP contribution in [0.15, 0.2) is 9.78 Å². The van der Waals surface area contributed by atoms with Gasteiger partial charge in [0.2, 0.25) is 0 Å². The first-order valence-electron chi connectivity index (χ1n) is 3.06. The fourth-order valence-electron chi connectivity index (χ4n) is 0.565. The van der Waals surface area contributed by atoms with Crippen molar-refractivity contribution in [2.24, 2.45) is 10.1 Å². The van der Waals surface area contributed by atoms with E-state index in [9.17, 15) is 4.79 Å². The number of nitrogens with zero attached hydrogens (tertiary/aromatic N) is 2. The highest BCUT2D eigenvalue weighted by Gasteiger charge is 2.04. The van der Waals surface area contributed by atoms with Crippen molar-refractivity contribution in [2.75, 3.05) is 6.26 Å². The largest absolute Gasteiger partial charge is 0.364 e. The van der Waals surface area contributed by atoms with Gasteiger partial charge in [0.15, 0.2) is 5.01 Å². The van der Waals surface area contributed by atoms with Crippen LogP contribution in [0.25, 0.3) is 0 Å². The van der Waals surface area contributed by atoms with Crippen molar-refractivity contribution in [1.29, 1.82) is 0 Å². The summed E-state index contributed by atoms with van der Waals surface area (Å²) >= 11 is 2.55. The lowest BCUT2D eigenvalue weighted by Gasteiger charge is -1.82. The minimum atomic E-state index is -0.496. The smallest absolute Gasteiger partial charge is 0.277 e. The lowest BCUT2D eigenvalue weighted by molar-refractivity contribution is 0.1000. The highest BCUT2D eigenvalue weighted by Crippen LogP contribution is 2.07. The summed E-state index contributed by atoms with van der Waals surface area (Å²) in [5, 5.41) is 2.05. The Bertz CT molecular complexity index is 307. The summed E-state index contributed by atoms with van der Waals surface area (Å²) in [6.45, 7) is 0. The van der Waals surface area contributed by atoms with Crippen molar-refractivity contribution in [2.45, 2.75) is 0 Å². The fraction of sp³-hybridized carbons (Fsp3) is 0.167. The number of carbonyl (C=O) groups excluding carboxylic acids is 1. The number of amides is 1. The van der Waals surface area contributed by atoms with E-state index in [-0.39, 0.29) is 0 Å². The molecule has 1 aromatic heterocycles. The second-order valence-corrected chi connectivity index (χ2v) is 3.29. The molecule has 1 rings (SSSR count). The zero-order chi connectivity index (χ0) is 8.97.